The molecule has 23 heavy (non-hydrogen) atoms. The maximum Gasteiger partial charge on any atom is 0.335 e. The minimum Gasteiger partial charge on any atom is -0.490 e. The van der Waals surface area contributed by atoms with Gasteiger partial charge in [0.05, 0.1) is 25.8 Å². The molecule has 0 bridgehead atoms. The molecule has 0 saturated carbocycles. The van der Waals surface area contributed by atoms with E-state index in [4.69, 9.17) is 37.8 Å². The summed E-state index contributed by atoms with van der Waals surface area (Å²) >= 11 is 13.9. The Hall–Kier alpha value is -1.18. The second-order valence-corrected chi connectivity index (χ2v) is 6.54. The lowest BCUT2D eigenvalue weighted by Crippen LogP contribution is -2.04. The van der Waals surface area contributed by atoms with Gasteiger partial charge >= 0.3 is 5.97 Å². The van der Waals surface area contributed by atoms with E-state index in [1.165, 1.54) is 12.1 Å². The van der Waals surface area contributed by atoms with Gasteiger partial charge in [-0.2, -0.15) is 0 Å². The molecule has 0 aliphatic rings. The van der Waals surface area contributed by atoms with Crippen molar-refractivity contribution in [3.63, 3.8) is 0 Å². The molecule has 0 aliphatic heterocycles. The summed E-state index contributed by atoms with van der Waals surface area (Å²) < 4.78 is 12.0. The highest BCUT2D eigenvalue weighted by atomic mass is 127. The van der Waals surface area contributed by atoms with E-state index in [0.717, 1.165) is 5.56 Å². The molecule has 0 aromatic heterocycles. The van der Waals surface area contributed by atoms with Crippen molar-refractivity contribution >= 4 is 51.8 Å². The number of hydrogen-bond donors (Lipinski definition) is 1. The van der Waals surface area contributed by atoms with Crippen molar-refractivity contribution in [2.24, 2.45) is 0 Å². The molecular formula is C16H13Cl2IO4. The molecule has 0 fully saturated rings. The summed E-state index contributed by atoms with van der Waals surface area (Å²) in [4.78, 5) is 11.1. The summed E-state index contributed by atoms with van der Waals surface area (Å²) in [6.45, 7) is 2.49. The Morgan fingerprint density at radius 3 is 2.52 bits per heavy atom. The highest BCUT2D eigenvalue weighted by Crippen LogP contribution is 2.35. The van der Waals surface area contributed by atoms with Gasteiger partial charge in [-0.15, -0.1) is 0 Å². The third kappa shape index (κ3) is 4.65. The number of carbonyl (C=O) groups is 1. The number of benzene rings is 2. The van der Waals surface area contributed by atoms with Crippen LogP contribution in [0.25, 0.3) is 0 Å². The topological polar surface area (TPSA) is 55.8 Å². The van der Waals surface area contributed by atoms with Crippen LogP contribution in [0.15, 0.2) is 30.3 Å². The number of ether oxygens (including phenoxy) is 2. The van der Waals surface area contributed by atoms with Crippen molar-refractivity contribution in [1.29, 1.82) is 0 Å². The zero-order chi connectivity index (χ0) is 17.0. The van der Waals surface area contributed by atoms with Gasteiger partial charge in [0, 0.05) is 0 Å². The van der Waals surface area contributed by atoms with Crippen molar-refractivity contribution < 1.29 is 19.4 Å². The van der Waals surface area contributed by atoms with Crippen LogP contribution in [0.2, 0.25) is 10.0 Å². The summed E-state index contributed by atoms with van der Waals surface area (Å²) in [6, 6.07) is 8.23. The van der Waals surface area contributed by atoms with Gasteiger partial charge in [-0.05, 0) is 59.3 Å². The standard InChI is InChI=1S/C16H13Cl2IO4/c1-2-22-14-7-10(16(20)21)6-13(19)15(14)23-8-9-3-4-11(17)12(18)5-9/h3-7H,2,8H2,1H3,(H,20,21). The van der Waals surface area contributed by atoms with Gasteiger partial charge in [0.1, 0.15) is 6.61 Å². The lowest BCUT2D eigenvalue weighted by atomic mass is 10.2. The first-order valence-corrected chi connectivity index (χ1v) is 8.52. The van der Waals surface area contributed by atoms with E-state index < -0.39 is 5.97 Å². The van der Waals surface area contributed by atoms with Gasteiger partial charge in [0.25, 0.3) is 0 Å². The minimum atomic E-state index is -1.01. The van der Waals surface area contributed by atoms with Crippen LogP contribution < -0.4 is 9.47 Å². The minimum absolute atomic E-state index is 0.153. The van der Waals surface area contributed by atoms with E-state index in [1.807, 2.05) is 35.6 Å². The van der Waals surface area contributed by atoms with E-state index in [0.29, 0.717) is 31.7 Å². The smallest absolute Gasteiger partial charge is 0.335 e. The summed E-state index contributed by atoms with van der Waals surface area (Å²) in [5.74, 6) is -0.111. The lowest BCUT2D eigenvalue weighted by Gasteiger charge is -2.15. The zero-order valence-electron chi connectivity index (χ0n) is 12.1. The highest BCUT2D eigenvalue weighted by Gasteiger charge is 2.15. The van der Waals surface area contributed by atoms with E-state index in [2.05, 4.69) is 0 Å². The Morgan fingerprint density at radius 2 is 1.91 bits per heavy atom. The average molecular weight is 467 g/mol. The van der Waals surface area contributed by atoms with Crippen LogP contribution in [0, 0.1) is 3.57 Å². The number of rotatable bonds is 6. The van der Waals surface area contributed by atoms with E-state index in [1.54, 1.807) is 12.1 Å². The molecule has 1 N–H and O–H groups in total. The van der Waals surface area contributed by atoms with Crippen LogP contribution in [0.3, 0.4) is 0 Å². The van der Waals surface area contributed by atoms with E-state index in [9.17, 15) is 4.79 Å². The van der Waals surface area contributed by atoms with Crippen LogP contribution in [-0.2, 0) is 6.61 Å². The van der Waals surface area contributed by atoms with E-state index in [-0.39, 0.29) is 12.2 Å². The fourth-order valence-electron chi connectivity index (χ4n) is 1.88. The Morgan fingerprint density at radius 1 is 1.17 bits per heavy atom. The molecule has 122 valence electrons. The maximum atomic E-state index is 11.1. The molecule has 0 radical (unpaired) electrons. The third-order valence-corrected chi connectivity index (χ3v) is 4.46. The lowest BCUT2D eigenvalue weighted by molar-refractivity contribution is 0.0696. The van der Waals surface area contributed by atoms with Gasteiger partial charge in [0.2, 0.25) is 0 Å². The first kappa shape index (κ1) is 18.2. The van der Waals surface area contributed by atoms with E-state index >= 15 is 0 Å². The molecule has 7 heteroatoms. The Balaban J connectivity index is 2.27. The number of halogens is 3. The Bertz CT molecular complexity index is 734. The molecule has 0 atom stereocenters. The van der Waals surface area contributed by atoms with Gasteiger partial charge < -0.3 is 14.6 Å². The molecule has 0 saturated heterocycles. The van der Waals surface area contributed by atoms with Crippen LogP contribution in [-0.4, -0.2) is 17.7 Å². The molecule has 0 heterocycles. The van der Waals surface area contributed by atoms with Crippen LogP contribution in [0.1, 0.15) is 22.8 Å². The summed E-state index contributed by atoms with van der Waals surface area (Å²) in [7, 11) is 0. The Kier molecular flexibility index (Phi) is 6.38. The monoisotopic (exact) mass is 466 g/mol. The second kappa shape index (κ2) is 8.08. The van der Waals surface area contributed by atoms with Crippen LogP contribution in [0.4, 0.5) is 0 Å². The summed E-state index contributed by atoms with van der Waals surface area (Å²) in [6.07, 6.45) is 0. The molecule has 0 unspecified atom stereocenters. The van der Waals surface area contributed by atoms with Crippen LogP contribution >= 0.6 is 45.8 Å². The van der Waals surface area contributed by atoms with Crippen molar-refractivity contribution in [1.82, 2.24) is 0 Å². The van der Waals surface area contributed by atoms with Crippen molar-refractivity contribution in [2.75, 3.05) is 6.61 Å². The summed E-state index contributed by atoms with van der Waals surface area (Å²) in [5.41, 5.74) is 1.000. The molecule has 2 aromatic carbocycles. The largest absolute Gasteiger partial charge is 0.490 e. The van der Waals surface area contributed by atoms with Gasteiger partial charge in [-0.3, -0.25) is 0 Å². The third-order valence-electron chi connectivity index (χ3n) is 2.92. The molecule has 0 aliphatic carbocycles. The molecule has 2 aromatic rings. The molecule has 0 amide bonds. The maximum absolute atomic E-state index is 11.1. The molecule has 0 spiro atoms. The first-order valence-electron chi connectivity index (χ1n) is 6.68. The quantitative estimate of drug-likeness (QED) is 0.589. The number of aromatic carboxylic acids is 1. The fourth-order valence-corrected chi connectivity index (χ4v) is 2.96. The SMILES string of the molecule is CCOc1cc(C(=O)O)cc(I)c1OCc1ccc(Cl)c(Cl)c1. The van der Waals surface area contributed by atoms with Crippen molar-refractivity contribution in [3.05, 3.63) is 55.1 Å². The molecular weight excluding hydrogens is 454 g/mol. The number of hydrogen-bond acceptors (Lipinski definition) is 3. The number of carboxylic acids is 1. The Labute approximate surface area is 157 Å². The first-order chi connectivity index (χ1) is 10.9. The van der Waals surface area contributed by atoms with Crippen molar-refractivity contribution in [3.8, 4) is 11.5 Å². The van der Waals surface area contributed by atoms with Gasteiger partial charge in [-0.1, -0.05) is 29.3 Å². The normalized spacial score (nSPS) is 10.4. The summed E-state index contributed by atoms with van der Waals surface area (Å²) in [5, 5.41) is 10.1. The highest BCUT2D eigenvalue weighted by molar-refractivity contribution is 14.1. The van der Waals surface area contributed by atoms with Gasteiger partial charge in [-0.25, -0.2) is 4.79 Å². The fraction of sp³-hybridized carbons (Fsp3) is 0.188. The zero-order valence-corrected chi connectivity index (χ0v) is 15.8. The molecule has 4 nitrogen and oxygen atoms in total. The van der Waals surface area contributed by atoms with Crippen molar-refractivity contribution in [2.45, 2.75) is 13.5 Å². The second-order valence-electron chi connectivity index (χ2n) is 4.56. The van der Waals surface area contributed by atoms with Gasteiger partial charge in [0.15, 0.2) is 11.5 Å². The number of carboxylic acid groups (broad SMARTS) is 1. The predicted molar refractivity (Wildman–Crippen MR) is 98.1 cm³/mol. The predicted octanol–water partition coefficient (Wildman–Crippen LogP) is 5.27. The average Bonchev–Trinajstić information content (AvgIpc) is 2.49. The molecule has 2 rings (SSSR count). The van der Waals surface area contributed by atoms with Crippen LogP contribution in [0.5, 0.6) is 11.5 Å².